The molecule has 148 valence electrons. The summed E-state index contributed by atoms with van der Waals surface area (Å²) in [5.41, 5.74) is 3.60. The molecule has 0 aliphatic heterocycles. The largest absolute Gasteiger partial charge is 0.465 e. The first-order chi connectivity index (χ1) is 14.2. The second-order valence-corrected chi connectivity index (χ2v) is 6.47. The molecule has 0 aliphatic carbocycles. The molecule has 0 unspecified atom stereocenters. The Morgan fingerprint density at radius 2 is 1.72 bits per heavy atom. The van der Waals surface area contributed by atoms with Crippen LogP contribution in [0.15, 0.2) is 72.9 Å². The average molecular weight is 389 g/mol. The van der Waals surface area contributed by atoms with Gasteiger partial charge < -0.3 is 15.4 Å². The second kappa shape index (κ2) is 10.0. The molecule has 0 spiro atoms. The number of carbonyl (C=O) groups is 2. The first kappa shape index (κ1) is 20.1. The van der Waals surface area contributed by atoms with E-state index >= 15 is 0 Å². The molecule has 0 radical (unpaired) electrons. The van der Waals surface area contributed by atoms with Crippen LogP contribution >= 0.6 is 0 Å². The molecule has 0 saturated carbocycles. The molecular formula is C23H23N3O3. The minimum Gasteiger partial charge on any atom is -0.465 e. The number of esters is 1. The van der Waals surface area contributed by atoms with Gasteiger partial charge in [-0.15, -0.1) is 0 Å². The van der Waals surface area contributed by atoms with Crippen LogP contribution in [0, 0.1) is 0 Å². The van der Waals surface area contributed by atoms with Gasteiger partial charge in [0.2, 0.25) is 0 Å². The number of benzene rings is 2. The number of ether oxygens (including phenoxy) is 1. The monoisotopic (exact) mass is 389 g/mol. The van der Waals surface area contributed by atoms with E-state index in [4.69, 9.17) is 0 Å². The van der Waals surface area contributed by atoms with Crippen molar-refractivity contribution in [3.63, 3.8) is 0 Å². The van der Waals surface area contributed by atoms with E-state index in [1.807, 2.05) is 18.2 Å². The van der Waals surface area contributed by atoms with Gasteiger partial charge in [0.25, 0.3) is 5.91 Å². The van der Waals surface area contributed by atoms with Crippen LogP contribution in [0.25, 0.3) is 0 Å². The molecule has 29 heavy (non-hydrogen) atoms. The lowest BCUT2D eigenvalue weighted by molar-refractivity contribution is 0.0600. The number of rotatable bonds is 8. The smallest absolute Gasteiger partial charge is 0.337 e. The van der Waals surface area contributed by atoms with Gasteiger partial charge in [-0.05, 0) is 54.8 Å². The Hall–Kier alpha value is -3.67. The minimum absolute atomic E-state index is 0.206. The van der Waals surface area contributed by atoms with Crippen LogP contribution in [0.4, 0.5) is 11.4 Å². The predicted octanol–water partition coefficient (Wildman–Crippen LogP) is 3.97. The molecule has 3 aromatic rings. The third-order valence-corrected chi connectivity index (χ3v) is 4.36. The molecule has 3 rings (SSSR count). The normalized spacial score (nSPS) is 10.2. The van der Waals surface area contributed by atoms with E-state index in [-0.39, 0.29) is 11.9 Å². The second-order valence-electron chi connectivity index (χ2n) is 6.47. The molecule has 1 amide bonds. The average Bonchev–Trinajstić information content (AvgIpc) is 2.77. The zero-order chi connectivity index (χ0) is 20.5. The quantitative estimate of drug-likeness (QED) is 0.450. The Morgan fingerprint density at radius 3 is 2.45 bits per heavy atom. The number of aryl methyl sites for hydroxylation is 1. The molecular weight excluding hydrogens is 366 g/mol. The number of nitrogens with one attached hydrogen (secondary N) is 2. The van der Waals surface area contributed by atoms with E-state index in [1.165, 1.54) is 12.7 Å². The Morgan fingerprint density at radius 1 is 0.966 bits per heavy atom. The molecule has 6 heteroatoms. The van der Waals surface area contributed by atoms with E-state index in [1.54, 1.807) is 42.6 Å². The third-order valence-electron chi connectivity index (χ3n) is 4.36. The number of carbonyl (C=O) groups excluding carboxylic acids is 2. The van der Waals surface area contributed by atoms with E-state index in [9.17, 15) is 9.59 Å². The van der Waals surface area contributed by atoms with Crippen molar-refractivity contribution in [2.75, 3.05) is 19.0 Å². The first-order valence-corrected chi connectivity index (χ1v) is 9.39. The molecule has 0 atom stereocenters. The number of hydrogen-bond acceptors (Lipinski definition) is 5. The van der Waals surface area contributed by atoms with Gasteiger partial charge in [-0.3, -0.25) is 9.78 Å². The Kier molecular flexibility index (Phi) is 6.95. The van der Waals surface area contributed by atoms with E-state index in [0.717, 1.165) is 24.2 Å². The highest BCUT2D eigenvalue weighted by atomic mass is 16.5. The Labute approximate surface area is 169 Å². The van der Waals surface area contributed by atoms with Crippen LogP contribution in [0.2, 0.25) is 0 Å². The van der Waals surface area contributed by atoms with Crippen molar-refractivity contribution < 1.29 is 14.3 Å². The summed E-state index contributed by atoms with van der Waals surface area (Å²) in [6.07, 6.45) is 3.36. The lowest BCUT2D eigenvalue weighted by Crippen LogP contribution is -2.25. The fraction of sp³-hybridized carbons (Fsp3) is 0.174. The van der Waals surface area contributed by atoms with Crippen molar-refractivity contribution in [1.29, 1.82) is 0 Å². The van der Waals surface area contributed by atoms with Crippen molar-refractivity contribution in [2.24, 2.45) is 0 Å². The first-order valence-electron chi connectivity index (χ1n) is 9.39. The van der Waals surface area contributed by atoms with Crippen molar-refractivity contribution in [2.45, 2.75) is 12.8 Å². The van der Waals surface area contributed by atoms with E-state index in [2.05, 4.69) is 32.5 Å². The number of aromatic nitrogens is 1. The summed E-state index contributed by atoms with van der Waals surface area (Å²) in [6, 6.07) is 20.6. The molecule has 0 bridgehead atoms. The van der Waals surface area contributed by atoms with Gasteiger partial charge in [-0.2, -0.15) is 0 Å². The molecule has 0 saturated heterocycles. The number of amides is 1. The minimum atomic E-state index is -0.383. The maximum absolute atomic E-state index is 12.4. The van der Waals surface area contributed by atoms with Gasteiger partial charge in [0.15, 0.2) is 0 Å². The summed E-state index contributed by atoms with van der Waals surface area (Å²) in [5.74, 6) is -0.588. The highest BCUT2D eigenvalue weighted by Crippen LogP contribution is 2.18. The standard InChI is InChI=1S/C23H23N3O3/c1-29-23(28)18-9-11-19(12-10-18)26-20-13-15-24-21(16-20)22(27)25-14-5-8-17-6-3-2-4-7-17/h2-4,6-7,9-13,15-16H,5,8,14H2,1H3,(H,24,26)(H,25,27). The van der Waals surface area contributed by atoms with Gasteiger partial charge >= 0.3 is 5.97 Å². The molecule has 0 fully saturated rings. The molecule has 1 heterocycles. The van der Waals surface area contributed by atoms with Gasteiger partial charge in [-0.1, -0.05) is 30.3 Å². The molecule has 0 aliphatic rings. The fourth-order valence-electron chi connectivity index (χ4n) is 2.84. The summed E-state index contributed by atoms with van der Waals surface area (Å²) >= 11 is 0. The predicted molar refractivity (Wildman–Crippen MR) is 112 cm³/mol. The SMILES string of the molecule is COC(=O)c1ccc(Nc2ccnc(C(=O)NCCCc3ccccc3)c2)cc1. The molecule has 1 aromatic heterocycles. The van der Waals surface area contributed by atoms with Crippen LogP contribution in [0.5, 0.6) is 0 Å². The molecule has 2 aromatic carbocycles. The lowest BCUT2D eigenvalue weighted by atomic mass is 10.1. The summed E-state index contributed by atoms with van der Waals surface area (Å²) in [7, 11) is 1.35. The van der Waals surface area contributed by atoms with Gasteiger partial charge in [0.05, 0.1) is 12.7 Å². The van der Waals surface area contributed by atoms with Gasteiger partial charge in [-0.25, -0.2) is 4.79 Å². The van der Waals surface area contributed by atoms with Crippen molar-refractivity contribution >= 4 is 23.3 Å². The van der Waals surface area contributed by atoms with Crippen LogP contribution in [-0.4, -0.2) is 30.5 Å². The van der Waals surface area contributed by atoms with E-state index in [0.29, 0.717) is 17.8 Å². The highest BCUT2D eigenvalue weighted by molar-refractivity contribution is 5.93. The van der Waals surface area contributed by atoms with Crippen LogP contribution in [-0.2, 0) is 11.2 Å². The zero-order valence-electron chi connectivity index (χ0n) is 16.2. The summed E-state index contributed by atoms with van der Waals surface area (Å²) in [4.78, 5) is 28.0. The Bertz CT molecular complexity index is 957. The fourth-order valence-corrected chi connectivity index (χ4v) is 2.84. The number of nitrogens with zero attached hydrogens (tertiary/aromatic N) is 1. The summed E-state index contributed by atoms with van der Waals surface area (Å²) in [6.45, 7) is 0.585. The third kappa shape index (κ3) is 5.90. The highest BCUT2D eigenvalue weighted by Gasteiger charge is 2.08. The number of pyridine rings is 1. The van der Waals surface area contributed by atoms with Gasteiger partial charge in [0.1, 0.15) is 5.69 Å². The Balaban J connectivity index is 1.53. The van der Waals surface area contributed by atoms with Crippen LogP contribution < -0.4 is 10.6 Å². The summed E-state index contributed by atoms with van der Waals surface area (Å²) in [5, 5.41) is 6.11. The van der Waals surface area contributed by atoms with Crippen LogP contribution in [0.3, 0.4) is 0 Å². The van der Waals surface area contributed by atoms with Crippen molar-refractivity contribution in [1.82, 2.24) is 10.3 Å². The topological polar surface area (TPSA) is 80.3 Å². The maximum atomic E-state index is 12.4. The van der Waals surface area contributed by atoms with Crippen molar-refractivity contribution in [3.05, 3.63) is 89.7 Å². The van der Waals surface area contributed by atoms with E-state index < -0.39 is 0 Å². The van der Waals surface area contributed by atoms with Crippen molar-refractivity contribution in [3.8, 4) is 0 Å². The molecule has 2 N–H and O–H groups in total. The lowest BCUT2D eigenvalue weighted by Gasteiger charge is -2.09. The number of anilines is 2. The number of methoxy groups -OCH3 is 1. The van der Waals surface area contributed by atoms with Crippen LogP contribution in [0.1, 0.15) is 32.8 Å². The summed E-state index contributed by atoms with van der Waals surface area (Å²) < 4.78 is 4.69. The maximum Gasteiger partial charge on any atom is 0.337 e. The zero-order valence-corrected chi connectivity index (χ0v) is 16.2. The number of hydrogen-bond donors (Lipinski definition) is 2. The van der Waals surface area contributed by atoms with Gasteiger partial charge in [0, 0.05) is 24.1 Å². The molecule has 6 nitrogen and oxygen atoms in total.